The van der Waals surface area contributed by atoms with E-state index in [1.807, 2.05) is 37.3 Å². The van der Waals surface area contributed by atoms with Crippen molar-refractivity contribution in [2.75, 3.05) is 27.2 Å². The Labute approximate surface area is 239 Å². The lowest BCUT2D eigenvalue weighted by molar-refractivity contribution is 0.00892. The summed E-state index contributed by atoms with van der Waals surface area (Å²) in [5.74, 6) is 0.206. The molecule has 0 saturated heterocycles. The molecule has 0 aliphatic rings. The van der Waals surface area contributed by atoms with E-state index in [2.05, 4.69) is 102 Å². The molecule has 5 heteroatoms. The molecule has 1 aromatic heterocycles. The summed E-state index contributed by atoms with van der Waals surface area (Å²) in [6, 6.07) is 33.3. The third-order valence-corrected chi connectivity index (χ3v) is 7.89. The molecule has 0 spiro atoms. The summed E-state index contributed by atoms with van der Waals surface area (Å²) in [5.41, 5.74) is 2.81. The lowest BCUT2D eigenvalue weighted by Crippen LogP contribution is -2.42. The second-order valence-electron chi connectivity index (χ2n) is 10.5. The maximum absolute atomic E-state index is 12.9. The zero-order chi connectivity index (χ0) is 27.4. The largest absolute Gasteiger partial charge is 0.478 e. The molecule has 1 N–H and O–H groups in total. The van der Waals surface area contributed by atoms with Gasteiger partial charge in [0.1, 0.15) is 0 Å². The molecular formula is C34H35BrN2O2. The molecular weight excluding hydrogens is 548 g/mol. The van der Waals surface area contributed by atoms with Crippen LogP contribution in [0.25, 0.3) is 21.7 Å². The number of pyridine rings is 1. The van der Waals surface area contributed by atoms with Gasteiger partial charge in [0, 0.05) is 34.3 Å². The number of benzene rings is 4. The lowest BCUT2D eigenvalue weighted by atomic mass is 9.72. The molecule has 39 heavy (non-hydrogen) atoms. The van der Waals surface area contributed by atoms with Gasteiger partial charge in [-0.2, -0.15) is 0 Å². The van der Waals surface area contributed by atoms with Crippen molar-refractivity contribution >= 4 is 37.6 Å². The minimum atomic E-state index is -1.12. The molecule has 0 aliphatic heterocycles. The highest BCUT2D eigenvalue weighted by Crippen LogP contribution is 2.44. The summed E-state index contributed by atoms with van der Waals surface area (Å²) in [5, 5.41) is 16.3. The monoisotopic (exact) mass is 582 g/mol. The molecule has 4 nitrogen and oxygen atoms in total. The average Bonchev–Trinajstić information content (AvgIpc) is 2.93. The van der Waals surface area contributed by atoms with Crippen molar-refractivity contribution < 1.29 is 9.84 Å². The number of aromatic nitrogens is 1. The molecule has 0 fully saturated rings. The van der Waals surface area contributed by atoms with Gasteiger partial charge in [-0.25, -0.2) is 4.98 Å². The van der Waals surface area contributed by atoms with Crippen molar-refractivity contribution in [1.29, 1.82) is 0 Å². The molecule has 0 radical (unpaired) electrons. The van der Waals surface area contributed by atoms with Gasteiger partial charge in [0.2, 0.25) is 5.88 Å². The summed E-state index contributed by atoms with van der Waals surface area (Å²) in [6.45, 7) is 3.20. The molecule has 0 saturated carbocycles. The summed E-state index contributed by atoms with van der Waals surface area (Å²) >= 11 is 3.62. The Kier molecular flexibility index (Phi) is 8.31. The fourth-order valence-electron chi connectivity index (χ4n) is 5.56. The molecule has 2 unspecified atom stereocenters. The Morgan fingerprint density at radius 3 is 2.41 bits per heavy atom. The number of halogens is 1. The summed E-state index contributed by atoms with van der Waals surface area (Å²) in [6.07, 6.45) is 1.06. The van der Waals surface area contributed by atoms with Crippen LogP contribution in [0.1, 0.15) is 36.0 Å². The van der Waals surface area contributed by atoms with Crippen molar-refractivity contribution in [3.8, 4) is 5.88 Å². The number of rotatable bonds is 10. The number of fused-ring (bicyclic) bond motifs is 2. The number of hydrogen-bond acceptors (Lipinski definition) is 4. The van der Waals surface area contributed by atoms with E-state index in [1.54, 1.807) is 0 Å². The van der Waals surface area contributed by atoms with E-state index < -0.39 is 5.60 Å². The minimum absolute atomic E-state index is 0.366. The maximum atomic E-state index is 12.9. The Morgan fingerprint density at radius 2 is 1.64 bits per heavy atom. The van der Waals surface area contributed by atoms with E-state index in [1.165, 1.54) is 10.8 Å². The van der Waals surface area contributed by atoms with Crippen LogP contribution in [0.5, 0.6) is 5.88 Å². The van der Waals surface area contributed by atoms with Gasteiger partial charge in [0.25, 0.3) is 0 Å². The zero-order valence-corrected chi connectivity index (χ0v) is 24.4. The van der Waals surface area contributed by atoms with E-state index in [-0.39, 0.29) is 5.92 Å². The smallest absolute Gasteiger partial charge is 0.217 e. The third-order valence-electron chi connectivity index (χ3n) is 7.40. The molecule has 1 heterocycles. The average molecular weight is 584 g/mol. The second kappa shape index (κ2) is 11.9. The van der Waals surface area contributed by atoms with Crippen molar-refractivity contribution in [2.45, 2.75) is 31.3 Å². The summed E-state index contributed by atoms with van der Waals surface area (Å²) in [7, 11) is 4.10. The lowest BCUT2D eigenvalue weighted by Gasteiger charge is -2.39. The minimum Gasteiger partial charge on any atom is -0.478 e. The SMILES string of the molecule is CCOc1nc2ccc(Br)cc2cc1C(c1ccccc1)C(O)(CCN(C)C)Cc1cccc2ccccc12. The van der Waals surface area contributed by atoms with Crippen LogP contribution in [-0.4, -0.2) is 47.8 Å². The maximum Gasteiger partial charge on any atom is 0.217 e. The summed E-state index contributed by atoms with van der Waals surface area (Å²) < 4.78 is 7.16. The van der Waals surface area contributed by atoms with Gasteiger partial charge in [-0.05, 0) is 73.6 Å². The first kappa shape index (κ1) is 27.3. The number of nitrogens with zero attached hydrogens (tertiary/aromatic N) is 2. The Morgan fingerprint density at radius 1 is 0.897 bits per heavy atom. The molecule has 5 aromatic rings. The first-order chi connectivity index (χ1) is 18.9. The molecule has 5 rings (SSSR count). The van der Waals surface area contributed by atoms with Gasteiger partial charge in [-0.1, -0.05) is 88.7 Å². The van der Waals surface area contributed by atoms with Crippen molar-refractivity contribution in [1.82, 2.24) is 9.88 Å². The first-order valence-corrected chi connectivity index (χ1v) is 14.3. The van der Waals surface area contributed by atoms with Crippen LogP contribution in [0.4, 0.5) is 0 Å². The highest BCUT2D eigenvalue weighted by molar-refractivity contribution is 9.10. The quantitative estimate of drug-likeness (QED) is 0.184. The Balaban J connectivity index is 1.75. The van der Waals surface area contributed by atoms with E-state index in [0.717, 1.165) is 38.6 Å². The molecule has 2 atom stereocenters. The molecule has 0 aliphatic carbocycles. The van der Waals surface area contributed by atoms with Crippen LogP contribution in [0.15, 0.2) is 102 Å². The summed E-state index contributed by atoms with van der Waals surface area (Å²) in [4.78, 5) is 7.09. The van der Waals surface area contributed by atoms with Gasteiger partial charge in [0.05, 0.1) is 17.7 Å². The van der Waals surface area contributed by atoms with Crippen molar-refractivity contribution in [2.24, 2.45) is 0 Å². The topological polar surface area (TPSA) is 45.6 Å². The first-order valence-electron chi connectivity index (χ1n) is 13.5. The van der Waals surface area contributed by atoms with E-state index >= 15 is 0 Å². The van der Waals surface area contributed by atoms with E-state index in [0.29, 0.717) is 25.3 Å². The predicted molar refractivity (Wildman–Crippen MR) is 165 cm³/mol. The normalized spacial score (nSPS) is 14.0. The Hall–Kier alpha value is -3.25. The van der Waals surface area contributed by atoms with Gasteiger partial charge in [0.15, 0.2) is 0 Å². The van der Waals surface area contributed by atoms with E-state index in [9.17, 15) is 5.11 Å². The fourth-order valence-corrected chi connectivity index (χ4v) is 5.94. The highest BCUT2D eigenvalue weighted by atomic mass is 79.9. The van der Waals surface area contributed by atoms with Gasteiger partial charge in [-0.3, -0.25) is 0 Å². The fraction of sp³-hybridized carbons (Fsp3) is 0.265. The predicted octanol–water partition coefficient (Wildman–Crippen LogP) is 7.61. The number of ether oxygens (including phenoxy) is 1. The zero-order valence-electron chi connectivity index (χ0n) is 22.8. The van der Waals surface area contributed by atoms with Crippen LogP contribution >= 0.6 is 15.9 Å². The van der Waals surface area contributed by atoms with Gasteiger partial charge < -0.3 is 14.7 Å². The van der Waals surface area contributed by atoms with Gasteiger partial charge >= 0.3 is 0 Å². The second-order valence-corrected chi connectivity index (χ2v) is 11.4. The molecule has 0 bridgehead atoms. The molecule has 200 valence electrons. The van der Waals surface area contributed by atoms with Gasteiger partial charge in [-0.15, -0.1) is 0 Å². The van der Waals surface area contributed by atoms with Crippen LogP contribution in [-0.2, 0) is 6.42 Å². The van der Waals surface area contributed by atoms with Crippen LogP contribution < -0.4 is 4.74 Å². The number of aliphatic hydroxyl groups is 1. The third kappa shape index (κ3) is 6.01. The van der Waals surface area contributed by atoms with Crippen LogP contribution in [0.2, 0.25) is 0 Å². The van der Waals surface area contributed by atoms with Crippen LogP contribution in [0, 0.1) is 0 Å². The van der Waals surface area contributed by atoms with Crippen LogP contribution in [0.3, 0.4) is 0 Å². The van der Waals surface area contributed by atoms with E-state index in [4.69, 9.17) is 9.72 Å². The van der Waals surface area contributed by atoms with Crippen molar-refractivity contribution in [3.63, 3.8) is 0 Å². The Bertz CT molecular complexity index is 1570. The highest BCUT2D eigenvalue weighted by Gasteiger charge is 2.41. The standard InChI is InChI=1S/C34H35BrN2O2/c1-4-39-33-30(22-27-21-28(35)17-18-31(27)36-33)32(25-12-6-5-7-13-25)34(38,19-20-37(2)3)23-26-15-10-14-24-11-8-9-16-29(24)26/h5-18,21-22,32,38H,4,19-20,23H2,1-3H3. The molecule has 0 amide bonds. The number of hydrogen-bond donors (Lipinski definition) is 1. The molecule has 4 aromatic carbocycles. The van der Waals surface area contributed by atoms with Crippen molar-refractivity contribution in [3.05, 3.63) is 118 Å².